The van der Waals surface area contributed by atoms with E-state index in [1.54, 1.807) is 0 Å². The van der Waals surface area contributed by atoms with E-state index in [1.165, 1.54) is 12.1 Å². The van der Waals surface area contributed by atoms with Crippen LogP contribution in [-0.4, -0.2) is 5.91 Å². The molecule has 0 aromatic heterocycles. The maximum Gasteiger partial charge on any atom is 0.416 e. The van der Waals surface area contributed by atoms with Crippen LogP contribution >= 0.6 is 0 Å². The number of rotatable bonds is 3. The second-order valence-electron chi connectivity index (χ2n) is 5.73. The third-order valence-electron chi connectivity index (χ3n) is 3.62. The lowest BCUT2D eigenvalue weighted by atomic mass is 9.98. The zero-order chi connectivity index (χ0) is 17.2. The van der Waals surface area contributed by atoms with Crippen molar-refractivity contribution in [3.05, 3.63) is 64.7 Å². The van der Waals surface area contributed by atoms with Crippen molar-refractivity contribution >= 4 is 11.6 Å². The molecule has 1 N–H and O–H groups in total. The molecule has 0 aliphatic carbocycles. The Hall–Kier alpha value is -2.30. The van der Waals surface area contributed by atoms with Crippen molar-refractivity contribution in [1.29, 1.82) is 0 Å². The van der Waals surface area contributed by atoms with Crippen molar-refractivity contribution < 1.29 is 18.0 Å². The van der Waals surface area contributed by atoms with Gasteiger partial charge in [0.25, 0.3) is 5.91 Å². The van der Waals surface area contributed by atoms with Gasteiger partial charge in [-0.15, -0.1) is 0 Å². The summed E-state index contributed by atoms with van der Waals surface area (Å²) in [4.78, 5) is 12.3. The van der Waals surface area contributed by atoms with E-state index >= 15 is 0 Å². The summed E-state index contributed by atoms with van der Waals surface area (Å²) in [6.45, 7) is 5.84. The molecule has 0 spiro atoms. The molecule has 1 amide bonds. The summed E-state index contributed by atoms with van der Waals surface area (Å²) in [5.41, 5.74) is 1.63. The number of carbonyl (C=O) groups is 1. The number of hydrogen-bond donors (Lipinski definition) is 1. The van der Waals surface area contributed by atoms with Gasteiger partial charge in [0, 0.05) is 11.3 Å². The Morgan fingerprint density at radius 1 is 1.09 bits per heavy atom. The van der Waals surface area contributed by atoms with Gasteiger partial charge in [0.1, 0.15) is 0 Å². The highest BCUT2D eigenvalue weighted by molar-refractivity contribution is 6.05. The molecule has 2 aromatic rings. The van der Waals surface area contributed by atoms with Crippen molar-refractivity contribution in [1.82, 2.24) is 0 Å². The molecule has 0 unspecified atom stereocenters. The topological polar surface area (TPSA) is 29.1 Å². The second kappa shape index (κ2) is 6.44. The maximum atomic E-state index is 12.8. The average molecular weight is 321 g/mol. The van der Waals surface area contributed by atoms with Gasteiger partial charge in [0.2, 0.25) is 0 Å². The quantitative estimate of drug-likeness (QED) is 0.807. The van der Waals surface area contributed by atoms with Gasteiger partial charge in [-0.2, -0.15) is 13.2 Å². The molecule has 5 heteroatoms. The number of aryl methyl sites for hydroxylation is 1. The van der Waals surface area contributed by atoms with Crippen LogP contribution in [-0.2, 0) is 6.18 Å². The van der Waals surface area contributed by atoms with Crippen LogP contribution in [0, 0.1) is 6.92 Å². The Bertz CT molecular complexity index is 720. The number of anilines is 1. The molecule has 0 aliphatic rings. The van der Waals surface area contributed by atoms with Crippen LogP contribution < -0.4 is 5.32 Å². The molecule has 0 fully saturated rings. The van der Waals surface area contributed by atoms with Crippen molar-refractivity contribution in [2.24, 2.45) is 0 Å². The summed E-state index contributed by atoms with van der Waals surface area (Å²) in [5, 5.41) is 2.75. The largest absolute Gasteiger partial charge is 0.416 e. The lowest BCUT2D eigenvalue weighted by molar-refractivity contribution is -0.137. The minimum atomic E-state index is -4.47. The zero-order valence-corrected chi connectivity index (χ0v) is 13.2. The summed E-state index contributed by atoms with van der Waals surface area (Å²) in [6, 6.07) is 10.1. The van der Waals surface area contributed by atoms with E-state index in [9.17, 15) is 18.0 Å². The predicted octanol–water partition coefficient (Wildman–Crippen LogP) is 5.39. The fourth-order valence-electron chi connectivity index (χ4n) is 2.36. The van der Waals surface area contributed by atoms with Crippen molar-refractivity contribution in [3.8, 4) is 0 Å². The maximum absolute atomic E-state index is 12.8. The van der Waals surface area contributed by atoms with E-state index in [0.717, 1.165) is 23.3 Å². The van der Waals surface area contributed by atoms with Crippen LogP contribution in [0.25, 0.3) is 0 Å². The van der Waals surface area contributed by atoms with Gasteiger partial charge >= 0.3 is 6.18 Å². The number of carbonyl (C=O) groups excluding carboxylic acids is 1. The van der Waals surface area contributed by atoms with E-state index in [2.05, 4.69) is 5.32 Å². The molecule has 2 nitrogen and oxygen atoms in total. The third kappa shape index (κ3) is 3.92. The first-order valence-corrected chi connectivity index (χ1v) is 7.28. The highest BCUT2D eigenvalue weighted by atomic mass is 19.4. The van der Waals surface area contributed by atoms with E-state index < -0.39 is 17.6 Å². The summed E-state index contributed by atoms with van der Waals surface area (Å²) in [5.74, 6) is -0.362. The van der Waals surface area contributed by atoms with E-state index in [1.807, 2.05) is 39.0 Å². The first kappa shape index (κ1) is 17.1. The van der Waals surface area contributed by atoms with Crippen LogP contribution in [0.2, 0.25) is 0 Å². The number of hydrogen-bond acceptors (Lipinski definition) is 1. The summed E-state index contributed by atoms with van der Waals surface area (Å²) in [7, 11) is 0. The van der Waals surface area contributed by atoms with Crippen LogP contribution in [0.5, 0.6) is 0 Å². The van der Waals surface area contributed by atoms with Gasteiger partial charge in [-0.3, -0.25) is 4.79 Å². The molecule has 2 aromatic carbocycles. The normalized spacial score (nSPS) is 11.6. The Kier molecular flexibility index (Phi) is 4.78. The van der Waals surface area contributed by atoms with Crippen molar-refractivity contribution in [3.63, 3.8) is 0 Å². The molecule has 0 saturated heterocycles. The molecule has 0 heterocycles. The minimum absolute atomic E-state index is 0.0159. The number of alkyl halides is 3. The first-order chi connectivity index (χ1) is 10.7. The average Bonchev–Trinajstić information content (AvgIpc) is 2.48. The predicted molar refractivity (Wildman–Crippen MR) is 84.7 cm³/mol. The van der Waals surface area contributed by atoms with E-state index in [4.69, 9.17) is 0 Å². The smallest absolute Gasteiger partial charge is 0.321 e. The molecule has 2 rings (SSSR count). The molecule has 0 saturated carbocycles. The van der Waals surface area contributed by atoms with Crippen LogP contribution in [0.15, 0.2) is 42.5 Å². The zero-order valence-electron chi connectivity index (χ0n) is 13.2. The Morgan fingerprint density at radius 2 is 1.74 bits per heavy atom. The van der Waals surface area contributed by atoms with Gasteiger partial charge in [-0.05, 0) is 42.2 Å². The number of halogens is 3. The lowest BCUT2D eigenvalue weighted by Crippen LogP contribution is -2.16. The van der Waals surface area contributed by atoms with Crippen molar-refractivity contribution in [2.75, 3.05) is 5.32 Å². The van der Waals surface area contributed by atoms with Gasteiger partial charge in [-0.25, -0.2) is 0 Å². The Labute approximate surface area is 133 Å². The highest BCUT2D eigenvalue weighted by Gasteiger charge is 2.31. The van der Waals surface area contributed by atoms with E-state index in [-0.39, 0.29) is 11.5 Å². The molecule has 0 aliphatic heterocycles. The van der Waals surface area contributed by atoms with Gasteiger partial charge in [0.05, 0.1) is 5.56 Å². The molecule has 23 heavy (non-hydrogen) atoms. The molecule has 122 valence electrons. The van der Waals surface area contributed by atoms with E-state index in [0.29, 0.717) is 5.69 Å². The third-order valence-corrected chi connectivity index (χ3v) is 3.62. The number of amides is 1. The van der Waals surface area contributed by atoms with Gasteiger partial charge in [0.15, 0.2) is 0 Å². The van der Waals surface area contributed by atoms with Gasteiger partial charge in [-0.1, -0.05) is 38.1 Å². The molecule has 0 atom stereocenters. The monoisotopic (exact) mass is 321 g/mol. The fourth-order valence-corrected chi connectivity index (χ4v) is 2.36. The second-order valence-corrected chi connectivity index (χ2v) is 5.73. The molecular formula is C18H18F3NO. The summed E-state index contributed by atoms with van der Waals surface area (Å²) < 4.78 is 38.3. The Morgan fingerprint density at radius 3 is 2.35 bits per heavy atom. The fraction of sp³-hybridized carbons (Fsp3) is 0.278. The highest BCUT2D eigenvalue weighted by Crippen LogP contribution is 2.31. The minimum Gasteiger partial charge on any atom is -0.321 e. The summed E-state index contributed by atoms with van der Waals surface area (Å²) in [6.07, 6.45) is -4.47. The first-order valence-electron chi connectivity index (χ1n) is 7.28. The summed E-state index contributed by atoms with van der Waals surface area (Å²) >= 11 is 0. The molecule has 0 radical (unpaired) electrons. The number of nitrogens with one attached hydrogen (secondary N) is 1. The molecule has 0 bridgehead atoms. The SMILES string of the molecule is Cc1cccc(C(C)C)c1NC(=O)c1cccc(C(F)(F)F)c1. The lowest BCUT2D eigenvalue weighted by Gasteiger charge is -2.17. The van der Waals surface area contributed by atoms with Gasteiger partial charge < -0.3 is 5.32 Å². The van der Waals surface area contributed by atoms with Crippen molar-refractivity contribution in [2.45, 2.75) is 32.9 Å². The van der Waals surface area contributed by atoms with Crippen LogP contribution in [0.3, 0.4) is 0 Å². The Balaban J connectivity index is 2.34. The van der Waals surface area contributed by atoms with Crippen LogP contribution in [0.1, 0.15) is 46.8 Å². The molecular weight excluding hydrogens is 303 g/mol. The standard InChI is InChI=1S/C18H18F3NO/c1-11(2)15-9-4-6-12(3)16(15)22-17(23)13-7-5-8-14(10-13)18(19,20)21/h4-11H,1-3H3,(H,22,23). The number of benzene rings is 2. The van der Waals surface area contributed by atoms with Crippen LogP contribution in [0.4, 0.5) is 18.9 Å². The number of para-hydroxylation sites is 1.